The molecule has 0 aliphatic carbocycles. The summed E-state index contributed by atoms with van der Waals surface area (Å²) in [6.07, 6.45) is 2.78. The van der Waals surface area contributed by atoms with Gasteiger partial charge in [-0.25, -0.2) is 0 Å². The lowest BCUT2D eigenvalue weighted by molar-refractivity contribution is -0.141. The Morgan fingerprint density at radius 3 is 1.69 bits per heavy atom. The zero-order valence-corrected chi connectivity index (χ0v) is 42.1. The summed E-state index contributed by atoms with van der Waals surface area (Å²) in [5, 5.41) is 36.4. The Morgan fingerprint density at radius 2 is 1.21 bits per heavy atom. The van der Waals surface area contributed by atoms with Gasteiger partial charge in [-0.3, -0.25) is 28.8 Å². The number of halogens is 2. The second kappa shape index (κ2) is 22.5. The van der Waals surface area contributed by atoms with Crippen molar-refractivity contribution in [2.24, 2.45) is 22.7 Å². The molecule has 6 atom stereocenters. The van der Waals surface area contributed by atoms with Crippen molar-refractivity contribution in [2.75, 3.05) is 33.9 Å². The van der Waals surface area contributed by atoms with Crippen LogP contribution in [0.25, 0.3) is 21.8 Å². The van der Waals surface area contributed by atoms with Crippen LogP contribution in [-0.4, -0.2) is 108 Å². The molecule has 2 aliphatic heterocycles. The first-order valence-corrected chi connectivity index (χ1v) is 24.2. The third-order valence-corrected chi connectivity index (χ3v) is 13.2. The minimum Gasteiger partial charge on any atom is -0.496 e. The molecule has 0 radical (unpaired) electrons. The quantitative estimate of drug-likeness (QED) is 0.0553. The van der Waals surface area contributed by atoms with Crippen LogP contribution < -0.4 is 36.1 Å². The van der Waals surface area contributed by atoms with Gasteiger partial charge in [0, 0.05) is 52.3 Å². The van der Waals surface area contributed by atoms with E-state index in [4.69, 9.17) is 32.7 Å². The number of ether oxygens (including phenoxy) is 2. The molecule has 20 heteroatoms. The molecule has 18 nitrogen and oxygen atoms in total. The molecule has 0 spiro atoms. The van der Waals surface area contributed by atoms with Gasteiger partial charge in [0.1, 0.15) is 47.1 Å². The van der Waals surface area contributed by atoms with E-state index in [2.05, 4.69) is 48.7 Å². The molecule has 0 bridgehead atoms. The van der Waals surface area contributed by atoms with Crippen molar-refractivity contribution in [3.63, 3.8) is 0 Å². The number of likely N-dealkylation sites (tertiary alicyclic amines) is 1. The van der Waals surface area contributed by atoms with Crippen molar-refractivity contribution in [2.45, 2.75) is 110 Å². The number of amides is 6. The number of nitrogens with one attached hydrogen (secondary N) is 7. The van der Waals surface area contributed by atoms with E-state index in [1.54, 1.807) is 41.3 Å². The summed E-state index contributed by atoms with van der Waals surface area (Å²) < 4.78 is 10.9. The summed E-state index contributed by atoms with van der Waals surface area (Å²) in [6, 6.07) is 9.69. The highest BCUT2D eigenvalue weighted by molar-refractivity contribution is 6.32. The predicted molar refractivity (Wildman–Crippen MR) is 264 cm³/mol. The molecular weight excluding hydrogens is 940 g/mol. The third kappa shape index (κ3) is 13.4. The average Bonchev–Trinajstić information content (AvgIpc) is 3.94. The lowest BCUT2D eigenvalue weighted by Crippen LogP contribution is -2.54. The molecule has 4 heterocycles. The SMILES string of the molecule is COc1cc(Cl)cc2[nH]c(C(=O)NC(CC(C)(C)CN3CCC[C@@H](C[C@@H](C#N)NC(=O)[C@H](CC(C)(C)C)NC(=O)c4cc5c(OC)cc(Cl)cc5[nH]4)C3=O)C(=O)NC(C#N)CC3CCCNC3=O)cc12. The zero-order chi connectivity index (χ0) is 51.1. The lowest BCUT2D eigenvalue weighted by Gasteiger charge is -2.39. The van der Waals surface area contributed by atoms with Crippen molar-refractivity contribution in [3.05, 3.63) is 57.8 Å². The van der Waals surface area contributed by atoms with E-state index < -0.39 is 70.5 Å². The Hall–Kier alpha value is -6.50. The number of nitriles is 2. The van der Waals surface area contributed by atoms with E-state index in [0.29, 0.717) is 75.7 Å². The van der Waals surface area contributed by atoms with Crippen molar-refractivity contribution < 1.29 is 38.2 Å². The highest BCUT2D eigenvalue weighted by atomic mass is 35.5. The van der Waals surface area contributed by atoms with Crippen LogP contribution in [0.15, 0.2) is 36.4 Å². The Morgan fingerprint density at radius 1 is 0.729 bits per heavy atom. The van der Waals surface area contributed by atoms with Gasteiger partial charge < -0.3 is 50.9 Å². The standard InChI is InChI=1S/C50H62Cl2N10O8/c1-49(2,3)22-39(60-44(64)37-20-33-35(58-37)16-29(51)18-41(33)69-6)46(66)57-32(25-54)15-28-11-9-13-62(48(28)68)26-50(4,5)23-40(47(67)56-31(24-53)14-27-10-8-12-55-43(27)63)61-45(65)38-21-34-36(59-38)17-30(52)19-42(34)70-7/h16-21,27-28,31-32,39-40,58-59H,8-15,22-23,26H2,1-7H3,(H,55,63)(H,56,67)(H,57,66)(H,60,64)(H,61,65)/t27?,28-,31?,32-,39-,40?/m0/s1. The van der Waals surface area contributed by atoms with Gasteiger partial charge in [0.25, 0.3) is 11.8 Å². The fourth-order valence-electron chi connectivity index (χ4n) is 9.42. The van der Waals surface area contributed by atoms with Gasteiger partial charge in [-0.05, 0) is 98.6 Å². The van der Waals surface area contributed by atoms with Crippen LogP contribution in [0.1, 0.15) is 107 Å². The molecule has 2 aromatic heterocycles. The zero-order valence-electron chi connectivity index (χ0n) is 40.6. The van der Waals surface area contributed by atoms with Crippen molar-refractivity contribution in [1.82, 2.24) is 41.5 Å². The molecule has 0 saturated carbocycles. The number of nitrogens with zero attached hydrogens (tertiary/aromatic N) is 3. The smallest absolute Gasteiger partial charge is 0.268 e. The van der Waals surface area contributed by atoms with E-state index >= 15 is 0 Å². The van der Waals surface area contributed by atoms with Crippen LogP contribution >= 0.6 is 23.2 Å². The number of benzene rings is 2. The molecule has 6 amide bonds. The van der Waals surface area contributed by atoms with E-state index in [-0.39, 0.29) is 55.4 Å². The monoisotopic (exact) mass is 1000 g/mol. The van der Waals surface area contributed by atoms with E-state index in [0.717, 1.165) is 6.42 Å². The minimum absolute atomic E-state index is 0.0207. The molecule has 374 valence electrons. The van der Waals surface area contributed by atoms with Crippen LogP contribution in [0.4, 0.5) is 0 Å². The van der Waals surface area contributed by atoms with Crippen molar-refractivity contribution in [3.8, 4) is 23.6 Å². The number of aromatic nitrogens is 2. The Bertz CT molecular complexity index is 2710. The third-order valence-electron chi connectivity index (χ3n) is 12.7. The van der Waals surface area contributed by atoms with Crippen molar-refractivity contribution >= 4 is 80.5 Å². The molecule has 3 unspecified atom stereocenters. The highest BCUT2D eigenvalue weighted by Crippen LogP contribution is 2.34. The number of methoxy groups -OCH3 is 2. The normalized spacial score (nSPS) is 18.1. The lowest BCUT2D eigenvalue weighted by atomic mass is 9.82. The first-order chi connectivity index (χ1) is 33.1. The molecular formula is C50H62Cl2N10O8. The van der Waals surface area contributed by atoms with E-state index in [1.165, 1.54) is 14.2 Å². The summed E-state index contributed by atoms with van der Waals surface area (Å²) in [7, 11) is 2.98. The fourth-order valence-corrected chi connectivity index (χ4v) is 9.84. The van der Waals surface area contributed by atoms with Gasteiger partial charge >= 0.3 is 0 Å². The molecule has 2 saturated heterocycles. The summed E-state index contributed by atoms with van der Waals surface area (Å²) in [6.45, 7) is 10.6. The minimum atomic E-state index is -1.19. The maximum absolute atomic E-state index is 14.2. The number of carbonyl (C=O) groups excluding carboxylic acids is 6. The fraction of sp³-hybridized carbons (Fsp3) is 0.520. The first kappa shape index (κ1) is 52.9. The van der Waals surface area contributed by atoms with Crippen LogP contribution in [0, 0.1) is 45.3 Å². The summed E-state index contributed by atoms with van der Waals surface area (Å²) in [5.74, 6) is -2.96. The maximum Gasteiger partial charge on any atom is 0.268 e. The molecule has 7 N–H and O–H groups in total. The summed E-state index contributed by atoms with van der Waals surface area (Å²) in [4.78, 5) is 90.2. The summed E-state index contributed by atoms with van der Waals surface area (Å²) >= 11 is 12.5. The van der Waals surface area contributed by atoms with Crippen LogP contribution in [-0.2, 0) is 19.2 Å². The van der Waals surface area contributed by atoms with Gasteiger partial charge in [0.05, 0.1) is 37.4 Å². The topological polar surface area (TPSA) is 263 Å². The average molecular weight is 1000 g/mol. The van der Waals surface area contributed by atoms with E-state index in [9.17, 15) is 39.3 Å². The molecule has 4 aromatic rings. The molecule has 70 heavy (non-hydrogen) atoms. The van der Waals surface area contributed by atoms with Gasteiger partial charge in [-0.15, -0.1) is 0 Å². The number of hydrogen-bond donors (Lipinski definition) is 7. The maximum atomic E-state index is 14.2. The second-order valence-corrected chi connectivity index (χ2v) is 21.1. The number of aromatic amines is 2. The molecule has 2 aromatic carbocycles. The van der Waals surface area contributed by atoms with Gasteiger partial charge in [-0.1, -0.05) is 57.8 Å². The Balaban J connectivity index is 1.14. The molecule has 6 rings (SSSR count). The number of piperidine rings is 2. The number of H-pyrrole nitrogens is 2. The number of hydrogen-bond acceptors (Lipinski definition) is 10. The highest BCUT2D eigenvalue weighted by Gasteiger charge is 2.38. The largest absolute Gasteiger partial charge is 0.496 e. The number of fused-ring (bicyclic) bond motifs is 2. The Labute approximate surface area is 417 Å². The van der Waals surface area contributed by atoms with E-state index in [1.807, 2.05) is 34.6 Å². The van der Waals surface area contributed by atoms with Gasteiger partial charge in [0.15, 0.2) is 0 Å². The number of carbonyl (C=O) groups is 6. The second-order valence-electron chi connectivity index (χ2n) is 20.3. The molecule has 2 fully saturated rings. The van der Waals surface area contributed by atoms with Gasteiger partial charge in [0.2, 0.25) is 23.6 Å². The number of rotatable bonds is 19. The predicted octanol–water partition coefficient (Wildman–Crippen LogP) is 6.28. The van der Waals surface area contributed by atoms with Gasteiger partial charge in [-0.2, -0.15) is 10.5 Å². The summed E-state index contributed by atoms with van der Waals surface area (Å²) in [5.41, 5.74) is 0.203. The van der Waals surface area contributed by atoms with Crippen LogP contribution in [0.5, 0.6) is 11.5 Å². The molecule has 2 aliphatic rings. The van der Waals surface area contributed by atoms with Crippen LogP contribution in [0.3, 0.4) is 0 Å². The van der Waals surface area contributed by atoms with Crippen molar-refractivity contribution in [1.29, 1.82) is 10.5 Å². The Kier molecular flexibility index (Phi) is 17.0. The first-order valence-electron chi connectivity index (χ1n) is 23.4. The van der Waals surface area contributed by atoms with Crippen LogP contribution in [0.2, 0.25) is 10.0 Å².